The first-order chi connectivity index (χ1) is 9.20. The monoisotopic (exact) mass is 253 g/mol. The predicted octanol–water partition coefficient (Wildman–Crippen LogP) is 3.67. The highest BCUT2D eigenvalue weighted by Gasteiger charge is 2.38. The van der Waals surface area contributed by atoms with Gasteiger partial charge in [-0.25, -0.2) is 0 Å². The zero-order chi connectivity index (χ0) is 13.0. The minimum atomic E-state index is 0.201. The Balaban J connectivity index is 1.82. The van der Waals surface area contributed by atoms with E-state index in [1.165, 1.54) is 25.7 Å². The van der Waals surface area contributed by atoms with Gasteiger partial charge in [0.1, 0.15) is 0 Å². The molecular formula is C17H19NO. The van der Waals surface area contributed by atoms with Gasteiger partial charge in [0.2, 0.25) is 0 Å². The van der Waals surface area contributed by atoms with E-state index in [1.807, 2.05) is 23.8 Å². The minimum Gasteiger partial charge on any atom is -0.312 e. The number of rotatable bonds is 1. The van der Waals surface area contributed by atoms with Gasteiger partial charge in [-0.05, 0) is 62.0 Å². The van der Waals surface area contributed by atoms with Crippen LogP contribution in [0.1, 0.15) is 37.3 Å². The summed E-state index contributed by atoms with van der Waals surface area (Å²) in [7, 11) is 0. The molecule has 0 atom stereocenters. The molecule has 3 aliphatic rings. The number of fused-ring (bicyclic) bond motifs is 3. The van der Waals surface area contributed by atoms with Gasteiger partial charge in [0.05, 0.1) is 0 Å². The lowest BCUT2D eigenvalue weighted by molar-refractivity contribution is 0.0708. The number of hydrogen-bond donors (Lipinski definition) is 0. The van der Waals surface area contributed by atoms with Gasteiger partial charge in [-0.2, -0.15) is 0 Å². The molecule has 98 valence electrons. The molecule has 3 fully saturated rings. The number of nitrogens with zero attached hydrogens (tertiary/aromatic N) is 1. The maximum Gasteiger partial charge on any atom is 0.258 e. The Morgan fingerprint density at radius 2 is 1.79 bits per heavy atom. The van der Waals surface area contributed by atoms with Crippen LogP contribution in [-0.2, 0) is 0 Å². The molecule has 3 aliphatic carbocycles. The van der Waals surface area contributed by atoms with Crippen LogP contribution in [0.3, 0.4) is 0 Å². The van der Waals surface area contributed by atoms with Crippen LogP contribution in [-0.4, -0.2) is 4.57 Å². The molecule has 1 heterocycles. The van der Waals surface area contributed by atoms with Crippen LogP contribution < -0.4 is 5.56 Å². The fraction of sp³-hybridized carbons (Fsp3) is 0.471. The Bertz CT molecular complexity index is 684. The fourth-order valence-corrected chi connectivity index (χ4v) is 4.01. The zero-order valence-electron chi connectivity index (χ0n) is 11.3. The Kier molecular flexibility index (Phi) is 2.35. The summed E-state index contributed by atoms with van der Waals surface area (Å²) in [6, 6.07) is 8.68. The van der Waals surface area contributed by atoms with Crippen LogP contribution in [0.5, 0.6) is 0 Å². The lowest BCUT2D eigenvalue weighted by Gasteiger charge is -2.45. The second kappa shape index (κ2) is 3.96. The van der Waals surface area contributed by atoms with Gasteiger partial charge < -0.3 is 4.57 Å². The highest BCUT2D eigenvalue weighted by molar-refractivity contribution is 5.82. The lowest BCUT2D eigenvalue weighted by atomic mass is 9.63. The van der Waals surface area contributed by atoms with Crippen molar-refractivity contribution in [2.75, 3.05) is 0 Å². The van der Waals surface area contributed by atoms with Gasteiger partial charge in [-0.3, -0.25) is 4.79 Å². The molecule has 1 aromatic heterocycles. The van der Waals surface area contributed by atoms with Gasteiger partial charge in [-0.15, -0.1) is 0 Å². The molecular weight excluding hydrogens is 234 g/mol. The Morgan fingerprint density at radius 1 is 1.05 bits per heavy atom. The van der Waals surface area contributed by atoms with Gasteiger partial charge in [0.15, 0.2) is 0 Å². The molecule has 2 nitrogen and oxygen atoms in total. The van der Waals surface area contributed by atoms with E-state index in [0.29, 0.717) is 6.04 Å². The van der Waals surface area contributed by atoms with Crippen molar-refractivity contribution in [3.8, 4) is 0 Å². The first kappa shape index (κ1) is 11.3. The normalized spacial score (nSPS) is 29.2. The zero-order valence-corrected chi connectivity index (χ0v) is 11.3. The van der Waals surface area contributed by atoms with E-state index in [1.54, 1.807) is 0 Å². The summed E-state index contributed by atoms with van der Waals surface area (Å²) in [4.78, 5) is 12.7. The van der Waals surface area contributed by atoms with E-state index in [-0.39, 0.29) is 5.56 Å². The van der Waals surface area contributed by atoms with Crippen molar-refractivity contribution in [2.45, 2.75) is 38.6 Å². The third-order valence-corrected chi connectivity index (χ3v) is 5.03. The van der Waals surface area contributed by atoms with Crippen molar-refractivity contribution >= 4 is 10.8 Å². The fourth-order valence-electron chi connectivity index (χ4n) is 4.01. The third kappa shape index (κ3) is 1.73. The molecule has 1 aromatic carbocycles. The summed E-state index contributed by atoms with van der Waals surface area (Å²) in [6.45, 7) is 2.05. The van der Waals surface area contributed by atoms with E-state index < -0.39 is 0 Å². The molecule has 2 bridgehead atoms. The number of pyridine rings is 1. The topological polar surface area (TPSA) is 22.0 Å². The molecule has 2 heteroatoms. The van der Waals surface area contributed by atoms with Crippen molar-refractivity contribution in [1.29, 1.82) is 0 Å². The molecule has 5 rings (SSSR count). The van der Waals surface area contributed by atoms with E-state index in [2.05, 4.69) is 18.2 Å². The minimum absolute atomic E-state index is 0.201. The van der Waals surface area contributed by atoms with Crippen molar-refractivity contribution in [3.63, 3.8) is 0 Å². The van der Waals surface area contributed by atoms with E-state index in [0.717, 1.165) is 28.2 Å². The number of hydrogen-bond acceptors (Lipinski definition) is 1. The summed E-state index contributed by atoms with van der Waals surface area (Å²) in [5.74, 6) is 1.76. The van der Waals surface area contributed by atoms with Gasteiger partial charge in [-0.1, -0.05) is 17.7 Å². The van der Waals surface area contributed by atoms with E-state index >= 15 is 0 Å². The highest BCUT2D eigenvalue weighted by atomic mass is 16.1. The SMILES string of the molecule is Cc1ccc2ccn(C3CC4CC(C4)C3)c(=O)c2c1. The summed E-state index contributed by atoms with van der Waals surface area (Å²) in [5, 5.41) is 1.94. The van der Waals surface area contributed by atoms with Crippen molar-refractivity contribution < 1.29 is 0 Å². The maximum atomic E-state index is 12.7. The summed E-state index contributed by atoms with van der Waals surface area (Å²) in [6.07, 6.45) is 7.22. The average Bonchev–Trinajstić information content (AvgIpc) is 2.39. The van der Waals surface area contributed by atoms with Crippen LogP contribution >= 0.6 is 0 Å². The Hall–Kier alpha value is -1.57. The molecule has 3 saturated carbocycles. The standard InChI is InChI=1S/C17H19NO/c1-11-2-3-14-4-5-18(17(19)16(14)6-11)15-9-12-7-13(8-12)10-15/h2-6,12-13,15H,7-10H2,1H3. The molecule has 0 radical (unpaired) electrons. The van der Waals surface area contributed by atoms with E-state index in [9.17, 15) is 4.79 Å². The van der Waals surface area contributed by atoms with Crippen LogP contribution in [0.4, 0.5) is 0 Å². The first-order valence-corrected chi connectivity index (χ1v) is 7.32. The third-order valence-electron chi connectivity index (χ3n) is 5.03. The number of aryl methyl sites for hydroxylation is 1. The van der Waals surface area contributed by atoms with Gasteiger partial charge >= 0.3 is 0 Å². The van der Waals surface area contributed by atoms with Crippen LogP contribution in [0.25, 0.3) is 10.8 Å². The molecule has 2 aromatic rings. The van der Waals surface area contributed by atoms with E-state index in [4.69, 9.17) is 0 Å². The Labute approximate surface area is 113 Å². The molecule has 0 N–H and O–H groups in total. The summed E-state index contributed by atoms with van der Waals surface area (Å²) in [5.41, 5.74) is 1.36. The van der Waals surface area contributed by atoms with Crippen LogP contribution in [0.2, 0.25) is 0 Å². The number of aromatic nitrogens is 1. The largest absolute Gasteiger partial charge is 0.312 e. The first-order valence-electron chi connectivity index (χ1n) is 7.32. The van der Waals surface area contributed by atoms with Crippen molar-refractivity contribution in [1.82, 2.24) is 4.57 Å². The van der Waals surface area contributed by atoms with Gasteiger partial charge in [0, 0.05) is 17.6 Å². The maximum absolute atomic E-state index is 12.7. The van der Waals surface area contributed by atoms with Gasteiger partial charge in [0.25, 0.3) is 5.56 Å². The lowest BCUT2D eigenvalue weighted by Crippen LogP contribution is -2.38. The molecule has 19 heavy (non-hydrogen) atoms. The second-order valence-corrected chi connectivity index (χ2v) is 6.45. The smallest absolute Gasteiger partial charge is 0.258 e. The molecule has 0 spiro atoms. The van der Waals surface area contributed by atoms with Crippen LogP contribution in [0.15, 0.2) is 35.3 Å². The van der Waals surface area contributed by atoms with Crippen molar-refractivity contribution in [3.05, 3.63) is 46.4 Å². The molecule has 0 unspecified atom stereocenters. The quantitative estimate of drug-likeness (QED) is 0.760. The second-order valence-electron chi connectivity index (χ2n) is 6.45. The Morgan fingerprint density at radius 3 is 2.53 bits per heavy atom. The predicted molar refractivity (Wildman–Crippen MR) is 77.4 cm³/mol. The molecule has 0 saturated heterocycles. The highest BCUT2D eigenvalue weighted by Crippen LogP contribution is 2.49. The summed E-state index contributed by atoms with van der Waals surface area (Å²) < 4.78 is 2.00. The molecule has 0 amide bonds. The molecule has 0 aliphatic heterocycles. The average molecular weight is 253 g/mol. The van der Waals surface area contributed by atoms with Crippen molar-refractivity contribution in [2.24, 2.45) is 11.8 Å². The number of benzene rings is 1. The summed E-state index contributed by atoms with van der Waals surface area (Å²) >= 11 is 0. The van der Waals surface area contributed by atoms with Crippen LogP contribution in [0, 0.1) is 18.8 Å².